The molecular formula is C17H20BrNO4. The molecule has 0 aliphatic carbocycles. The van der Waals surface area contributed by atoms with Crippen LogP contribution in [0.2, 0.25) is 0 Å². The van der Waals surface area contributed by atoms with Crippen LogP contribution < -0.4 is 9.47 Å². The van der Waals surface area contributed by atoms with Gasteiger partial charge in [0.1, 0.15) is 5.76 Å². The minimum Gasteiger partial charge on any atom is -0.493 e. The molecule has 1 amide bonds. The lowest BCUT2D eigenvalue weighted by atomic mass is 10.1. The number of hydrogen-bond donors (Lipinski definition) is 0. The molecule has 0 bridgehead atoms. The second-order valence-corrected chi connectivity index (χ2v) is 5.88. The average molecular weight is 382 g/mol. The fraction of sp³-hybridized carbons (Fsp3) is 0.353. The van der Waals surface area contributed by atoms with Gasteiger partial charge in [-0.05, 0) is 54.0 Å². The predicted molar refractivity (Wildman–Crippen MR) is 91.1 cm³/mol. The van der Waals surface area contributed by atoms with E-state index < -0.39 is 0 Å². The fourth-order valence-electron chi connectivity index (χ4n) is 2.23. The molecule has 2 aromatic rings. The molecule has 1 aromatic heterocycles. The Morgan fingerprint density at radius 3 is 2.74 bits per heavy atom. The normalized spacial score (nSPS) is 11.9. The molecule has 0 aliphatic heterocycles. The van der Waals surface area contributed by atoms with Crippen molar-refractivity contribution in [1.29, 1.82) is 0 Å². The third-order valence-corrected chi connectivity index (χ3v) is 4.21. The summed E-state index contributed by atoms with van der Waals surface area (Å²) in [4.78, 5) is 14.4. The van der Waals surface area contributed by atoms with Crippen molar-refractivity contribution in [3.05, 3.63) is 46.3 Å². The Kier molecular flexibility index (Phi) is 5.71. The van der Waals surface area contributed by atoms with Crippen LogP contribution in [0.15, 0.2) is 39.4 Å². The van der Waals surface area contributed by atoms with Gasteiger partial charge in [0.25, 0.3) is 5.91 Å². The van der Waals surface area contributed by atoms with Crippen molar-refractivity contribution in [2.45, 2.75) is 19.9 Å². The van der Waals surface area contributed by atoms with Gasteiger partial charge in [-0.25, -0.2) is 0 Å². The Labute approximate surface area is 144 Å². The minimum absolute atomic E-state index is 0.129. The number of ether oxygens (including phenoxy) is 2. The van der Waals surface area contributed by atoms with E-state index in [0.29, 0.717) is 28.1 Å². The number of benzene rings is 1. The number of furan rings is 1. The van der Waals surface area contributed by atoms with E-state index in [9.17, 15) is 4.79 Å². The molecule has 0 radical (unpaired) electrons. The van der Waals surface area contributed by atoms with E-state index >= 15 is 0 Å². The van der Waals surface area contributed by atoms with E-state index in [1.54, 1.807) is 43.5 Å². The van der Waals surface area contributed by atoms with Gasteiger partial charge in [0, 0.05) is 12.6 Å². The molecule has 0 saturated carbocycles. The molecule has 1 atom stereocenters. The summed E-state index contributed by atoms with van der Waals surface area (Å²) in [6.45, 7) is 4.32. The molecule has 124 valence electrons. The molecule has 0 spiro atoms. The average Bonchev–Trinajstić information content (AvgIpc) is 3.08. The van der Waals surface area contributed by atoms with Crippen LogP contribution in [0.4, 0.5) is 0 Å². The molecule has 23 heavy (non-hydrogen) atoms. The molecule has 2 rings (SSSR count). The highest BCUT2D eigenvalue weighted by atomic mass is 79.9. The number of rotatable bonds is 6. The van der Waals surface area contributed by atoms with Gasteiger partial charge >= 0.3 is 0 Å². The molecule has 1 heterocycles. The number of halogens is 1. The van der Waals surface area contributed by atoms with Gasteiger partial charge in [0.05, 0.1) is 30.5 Å². The molecule has 5 nitrogen and oxygen atoms in total. The van der Waals surface area contributed by atoms with Crippen LogP contribution in [0.25, 0.3) is 0 Å². The van der Waals surface area contributed by atoms with Crippen molar-refractivity contribution in [3.8, 4) is 11.5 Å². The summed E-state index contributed by atoms with van der Waals surface area (Å²) in [6.07, 6.45) is 1.60. The van der Waals surface area contributed by atoms with Crippen molar-refractivity contribution in [2.75, 3.05) is 20.8 Å². The van der Waals surface area contributed by atoms with Crippen molar-refractivity contribution < 1.29 is 18.7 Å². The molecule has 0 saturated heterocycles. The van der Waals surface area contributed by atoms with Gasteiger partial charge in [-0.3, -0.25) is 4.79 Å². The van der Waals surface area contributed by atoms with Gasteiger partial charge in [0.2, 0.25) is 0 Å². The second kappa shape index (κ2) is 7.55. The SMILES string of the molecule is CCOc1c(Br)cc(C(=O)N(C)C(C)c2ccco2)cc1OC. The maximum atomic E-state index is 12.7. The lowest BCUT2D eigenvalue weighted by molar-refractivity contribution is 0.0725. The zero-order valence-corrected chi connectivity index (χ0v) is 15.2. The van der Waals surface area contributed by atoms with E-state index in [4.69, 9.17) is 13.9 Å². The highest BCUT2D eigenvalue weighted by molar-refractivity contribution is 9.10. The smallest absolute Gasteiger partial charge is 0.254 e. The third kappa shape index (κ3) is 3.69. The number of nitrogens with zero attached hydrogens (tertiary/aromatic N) is 1. The van der Waals surface area contributed by atoms with Crippen molar-refractivity contribution in [2.24, 2.45) is 0 Å². The zero-order valence-electron chi connectivity index (χ0n) is 13.6. The van der Waals surface area contributed by atoms with E-state index in [-0.39, 0.29) is 11.9 Å². The Hall–Kier alpha value is -1.95. The van der Waals surface area contributed by atoms with Gasteiger partial charge in [-0.1, -0.05) is 0 Å². The van der Waals surface area contributed by atoms with Gasteiger partial charge < -0.3 is 18.8 Å². The first-order valence-corrected chi connectivity index (χ1v) is 8.09. The van der Waals surface area contributed by atoms with Crippen LogP contribution in [-0.4, -0.2) is 31.6 Å². The van der Waals surface area contributed by atoms with Crippen molar-refractivity contribution in [3.63, 3.8) is 0 Å². The van der Waals surface area contributed by atoms with Crippen LogP contribution >= 0.6 is 15.9 Å². The lowest BCUT2D eigenvalue weighted by Gasteiger charge is -2.24. The second-order valence-electron chi connectivity index (χ2n) is 5.03. The first-order chi connectivity index (χ1) is 11.0. The molecule has 6 heteroatoms. The predicted octanol–water partition coefficient (Wildman–Crippen LogP) is 4.28. The number of methoxy groups -OCH3 is 1. The molecule has 0 aliphatic rings. The fourth-order valence-corrected chi connectivity index (χ4v) is 2.78. The summed E-state index contributed by atoms with van der Waals surface area (Å²) in [5.41, 5.74) is 0.512. The Balaban J connectivity index is 2.30. The third-order valence-electron chi connectivity index (χ3n) is 3.62. The highest BCUT2D eigenvalue weighted by Gasteiger charge is 2.23. The van der Waals surface area contributed by atoms with Crippen LogP contribution in [0.1, 0.15) is 36.0 Å². The number of hydrogen-bond acceptors (Lipinski definition) is 4. The van der Waals surface area contributed by atoms with E-state index in [1.165, 1.54) is 0 Å². The molecule has 0 N–H and O–H groups in total. The Morgan fingerprint density at radius 1 is 1.43 bits per heavy atom. The maximum Gasteiger partial charge on any atom is 0.254 e. The summed E-state index contributed by atoms with van der Waals surface area (Å²) >= 11 is 3.44. The van der Waals surface area contributed by atoms with E-state index in [0.717, 1.165) is 5.76 Å². The quantitative estimate of drug-likeness (QED) is 0.748. The van der Waals surface area contributed by atoms with Gasteiger partial charge in [0.15, 0.2) is 11.5 Å². The largest absolute Gasteiger partial charge is 0.493 e. The topological polar surface area (TPSA) is 51.9 Å². The number of amides is 1. The summed E-state index contributed by atoms with van der Waals surface area (Å²) < 4.78 is 16.9. The molecule has 1 unspecified atom stereocenters. The summed E-state index contributed by atoms with van der Waals surface area (Å²) in [5, 5.41) is 0. The molecule has 0 fully saturated rings. The number of carbonyl (C=O) groups excluding carboxylic acids is 1. The van der Waals surface area contributed by atoms with Gasteiger partial charge in [-0.2, -0.15) is 0 Å². The highest BCUT2D eigenvalue weighted by Crippen LogP contribution is 2.37. The lowest BCUT2D eigenvalue weighted by Crippen LogP contribution is -2.29. The maximum absolute atomic E-state index is 12.7. The van der Waals surface area contributed by atoms with Crippen LogP contribution in [0.5, 0.6) is 11.5 Å². The van der Waals surface area contributed by atoms with Gasteiger partial charge in [-0.15, -0.1) is 0 Å². The van der Waals surface area contributed by atoms with E-state index in [2.05, 4.69) is 15.9 Å². The van der Waals surface area contributed by atoms with Crippen LogP contribution in [0.3, 0.4) is 0 Å². The summed E-state index contributed by atoms with van der Waals surface area (Å²) in [6, 6.07) is 6.91. The summed E-state index contributed by atoms with van der Waals surface area (Å²) in [7, 11) is 3.29. The van der Waals surface area contributed by atoms with Crippen LogP contribution in [0, 0.1) is 0 Å². The van der Waals surface area contributed by atoms with E-state index in [1.807, 2.05) is 19.9 Å². The first-order valence-electron chi connectivity index (χ1n) is 7.30. The molecule has 1 aromatic carbocycles. The zero-order chi connectivity index (χ0) is 17.0. The standard InChI is InChI=1S/C17H20BrNO4/c1-5-22-16-13(18)9-12(10-15(16)21-4)17(20)19(3)11(2)14-7-6-8-23-14/h6-11H,5H2,1-4H3. The van der Waals surface area contributed by atoms with Crippen molar-refractivity contribution in [1.82, 2.24) is 4.90 Å². The van der Waals surface area contributed by atoms with Crippen molar-refractivity contribution >= 4 is 21.8 Å². The first kappa shape index (κ1) is 17.4. The Bertz CT molecular complexity index is 669. The van der Waals surface area contributed by atoms with Crippen LogP contribution in [-0.2, 0) is 0 Å². The number of carbonyl (C=O) groups is 1. The Morgan fingerprint density at radius 2 is 2.17 bits per heavy atom. The monoisotopic (exact) mass is 381 g/mol. The molecular weight excluding hydrogens is 362 g/mol. The minimum atomic E-state index is -0.172. The summed E-state index contributed by atoms with van der Waals surface area (Å²) in [5.74, 6) is 1.71.